The maximum absolute atomic E-state index is 11.8. The van der Waals surface area contributed by atoms with Crippen LogP contribution < -0.4 is 10.1 Å². The number of carboxylic acid groups (broad SMARTS) is 1. The van der Waals surface area contributed by atoms with Crippen molar-refractivity contribution >= 4 is 36.4 Å². The van der Waals surface area contributed by atoms with E-state index in [9.17, 15) is 9.90 Å². The molecule has 2 aromatic heterocycles. The van der Waals surface area contributed by atoms with Gasteiger partial charge in [-0.1, -0.05) is 36.4 Å². The maximum Gasteiger partial charge on any atom is 0.321 e. The predicted molar refractivity (Wildman–Crippen MR) is 125 cm³/mol. The first-order valence-corrected chi connectivity index (χ1v) is 9.38. The lowest BCUT2D eigenvalue weighted by Gasteiger charge is -2.16. The zero-order valence-electron chi connectivity index (χ0n) is 16.5. The van der Waals surface area contributed by atoms with Gasteiger partial charge >= 0.3 is 5.97 Å². The molecule has 0 saturated carbocycles. The van der Waals surface area contributed by atoms with Crippen molar-refractivity contribution in [2.45, 2.75) is 19.0 Å². The van der Waals surface area contributed by atoms with Crippen molar-refractivity contribution < 1.29 is 14.6 Å². The predicted octanol–water partition coefficient (Wildman–Crippen LogP) is 4.76. The number of halogens is 2. The summed E-state index contributed by atoms with van der Waals surface area (Å²) >= 11 is 0. The summed E-state index contributed by atoms with van der Waals surface area (Å²) < 4.78 is 7.80. The quantitative estimate of drug-likeness (QED) is 0.397. The van der Waals surface area contributed by atoms with Crippen LogP contribution in [-0.2, 0) is 17.8 Å². The number of ether oxygens (including phenoxy) is 1. The highest BCUT2D eigenvalue weighted by Crippen LogP contribution is 2.22. The number of nitrogens with one attached hydrogen (secondary N) is 1. The molecular formula is C23H23Cl2N3O3. The molecule has 0 bridgehead atoms. The monoisotopic (exact) mass is 459 g/mol. The fourth-order valence-electron chi connectivity index (χ4n) is 3.22. The molecule has 0 spiro atoms. The molecule has 1 unspecified atom stereocenters. The van der Waals surface area contributed by atoms with Gasteiger partial charge in [-0.3, -0.25) is 10.1 Å². The second-order valence-electron chi connectivity index (χ2n) is 6.71. The van der Waals surface area contributed by atoms with Crippen molar-refractivity contribution in [1.82, 2.24) is 14.7 Å². The molecule has 0 amide bonds. The molecule has 2 heterocycles. The van der Waals surface area contributed by atoms with Gasteiger partial charge in [0.25, 0.3) is 0 Å². The highest BCUT2D eigenvalue weighted by Gasteiger charge is 2.18. The van der Waals surface area contributed by atoms with E-state index in [1.165, 1.54) is 0 Å². The zero-order valence-corrected chi connectivity index (χ0v) is 18.2. The van der Waals surface area contributed by atoms with Crippen LogP contribution in [0.5, 0.6) is 11.5 Å². The van der Waals surface area contributed by atoms with Crippen LogP contribution in [-0.4, -0.2) is 26.5 Å². The highest BCUT2D eigenvalue weighted by atomic mass is 35.5. The van der Waals surface area contributed by atoms with E-state index >= 15 is 0 Å². The van der Waals surface area contributed by atoms with Gasteiger partial charge in [-0.15, -0.1) is 24.8 Å². The van der Waals surface area contributed by atoms with Crippen molar-refractivity contribution in [1.29, 1.82) is 0 Å². The van der Waals surface area contributed by atoms with E-state index < -0.39 is 12.0 Å². The SMILES string of the molecule is Cl.Cl.O=C(O)C(Cc1cccc(Oc2ccccc2)c1)NCc1cccc2nccn12. The average Bonchev–Trinajstić information content (AvgIpc) is 3.21. The molecule has 2 aromatic carbocycles. The molecule has 6 nitrogen and oxygen atoms in total. The van der Waals surface area contributed by atoms with Gasteiger partial charge in [0.1, 0.15) is 23.2 Å². The summed E-state index contributed by atoms with van der Waals surface area (Å²) in [6.07, 6.45) is 3.94. The van der Waals surface area contributed by atoms with E-state index in [0.29, 0.717) is 18.7 Å². The fourth-order valence-corrected chi connectivity index (χ4v) is 3.22. The fraction of sp³-hybridized carbons (Fsp3) is 0.130. The summed E-state index contributed by atoms with van der Waals surface area (Å²) in [6.45, 7) is 0.422. The number of aromatic nitrogens is 2. The first-order chi connectivity index (χ1) is 14.2. The third kappa shape index (κ3) is 6.21. The standard InChI is InChI=1S/C23H21N3O3.2ClH/c27-23(28)21(25-16-18-7-5-11-22-24-12-13-26(18)22)15-17-6-4-10-20(14-17)29-19-8-2-1-3-9-19;;/h1-14,21,25H,15-16H2,(H,27,28);2*1H. The first-order valence-electron chi connectivity index (χ1n) is 9.38. The molecular weight excluding hydrogens is 437 g/mol. The summed E-state index contributed by atoms with van der Waals surface area (Å²) in [5, 5.41) is 12.8. The van der Waals surface area contributed by atoms with Gasteiger partial charge in [0.05, 0.1) is 0 Å². The summed E-state index contributed by atoms with van der Waals surface area (Å²) in [5.74, 6) is 0.532. The van der Waals surface area contributed by atoms with Gasteiger partial charge in [-0.2, -0.15) is 0 Å². The van der Waals surface area contributed by atoms with Gasteiger partial charge in [0.15, 0.2) is 0 Å². The smallest absolute Gasteiger partial charge is 0.321 e. The Morgan fingerprint density at radius 1 is 1.00 bits per heavy atom. The van der Waals surface area contributed by atoms with Crippen LogP contribution in [0.4, 0.5) is 0 Å². The number of carbonyl (C=O) groups is 1. The molecule has 0 radical (unpaired) electrons. The van der Waals surface area contributed by atoms with Crippen LogP contribution in [0.15, 0.2) is 85.2 Å². The molecule has 162 valence electrons. The molecule has 0 fully saturated rings. The van der Waals surface area contributed by atoms with Crippen LogP contribution in [0, 0.1) is 0 Å². The number of nitrogens with zero attached hydrogens (tertiary/aromatic N) is 2. The van der Waals surface area contributed by atoms with Crippen molar-refractivity contribution in [2.75, 3.05) is 0 Å². The molecule has 4 rings (SSSR count). The number of pyridine rings is 1. The molecule has 0 aliphatic carbocycles. The molecule has 0 saturated heterocycles. The second-order valence-corrected chi connectivity index (χ2v) is 6.71. The van der Waals surface area contributed by atoms with E-state index in [1.807, 2.05) is 83.4 Å². The van der Waals surface area contributed by atoms with Crippen LogP contribution in [0.2, 0.25) is 0 Å². The summed E-state index contributed by atoms with van der Waals surface area (Å²) in [6, 6.07) is 22.1. The van der Waals surface area contributed by atoms with Crippen molar-refractivity contribution in [3.63, 3.8) is 0 Å². The Bertz CT molecular complexity index is 1120. The van der Waals surface area contributed by atoms with Gasteiger partial charge in [-0.05, 0) is 48.4 Å². The topological polar surface area (TPSA) is 75.9 Å². The molecule has 0 aliphatic rings. The third-order valence-corrected chi connectivity index (χ3v) is 4.66. The minimum absolute atomic E-state index is 0. The number of aliphatic carboxylic acids is 1. The van der Waals surface area contributed by atoms with Gasteiger partial charge in [0, 0.05) is 24.6 Å². The van der Waals surface area contributed by atoms with E-state index in [0.717, 1.165) is 22.7 Å². The first kappa shape index (κ1) is 24.2. The molecule has 2 N–H and O–H groups in total. The Morgan fingerprint density at radius 3 is 2.52 bits per heavy atom. The Labute approximate surface area is 192 Å². The Balaban J connectivity index is 0.00000171. The molecule has 8 heteroatoms. The number of carboxylic acids is 1. The second kappa shape index (κ2) is 11.4. The van der Waals surface area contributed by atoms with Crippen LogP contribution in [0.3, 0.4) is 0 Å². The van der Waals surface area contributed by atoms with Gasteiger partial charge < -0.3 is 14.2 Å². The summed E-state index contributed by atoms with van der Waals surface area (Å²) in [4.78, 5) is 16.1. The van der Waals surface area contributed by atoms with Gasteiger partial charge in [-0.25, -0.2) is 4.98 Å². The lowest BCUT2D eigenvalue weighted by Crippen LogP contribution is -2.38. The lowest BCUT2D eigenvalue weighted by atomic mass is 10.1. The summed E-state index contributed by atoms with van der Waals surface area (Å²) in [7, 11) is 0. The van der Waals surface area contributed by atoms with Crippen molar-refractivity contribution in [2.24, 2.45) is 0 Å². The minimum atomic E-state index is -0.891. The maximum atomic E-state index is 11.8. The summed E-state index contributed by atoms with van der Waals surface area (Å²) in [5.41, 5.74) is 2.67. The van der Waals surface area contributed by atoms with Gasteiger partial charge in [0.2, 0.25) is 0 Å². The van der Waals surface area contributed by atoms with Crippen LogP contribution in [0.25, 0.3) is 5.65 Å². The number of hydrogen-bond donors (Lipinski definition) is 2. The number of hydrogen-bond acceptors (Lipinski definition) is 4. The van der Waals surface area contributed by atoms with Crippen LogP contribution in [0.1, 0.15) is 11.3 Å². The third-order valence-electron chi connectivity index (χ3n) is 4.66. The Hall–Kier alpha value is -3.06. The molecule has 1 atom stereocenters. The number of rotatable bonds is 8. The van der Waals surface area contributed by atoms with E-state index in [4.69, 9.17) is 4.74 Å². The average molecular weight is 460 g/mol. The molecule has 4 aromatic rings. The lowest BCUT2D eigenvalue weighted by molar-refractivity contribution is -0.139. The molecule has 31 heavy (non-hydrogen) atoms. The van der Waals surface area contributed by atoms with E-state index in [1.54, 1.807) is 6.20 Å². The van der Waals surface area contributed by atoms with Crippen LogP contribution >= 0.6 is 24.8 Å². The van der Waals surface area contributed by atoms with E-state index in [2.05, 4.69) is 10.3 Å². The number of imidazole rings is 1. The largest absolute Gasteiger partial charge is 0.480 e. The highest BCUT2D eigenvalue weighted by molar-refractivity contribution is 5.85. The minimum Gasteiger partial charge on any atom is -0.480 e. The number of benzene rings is 2. The Kier molecular flexibility index (Phi) is 8.88. The Morgan fingerprint density at radius 2 is 1.74 bits per heavy atom. The number of fused-ring (bicyclic) bond motifs is 1. The van der Waals surface area contributed by atoms with E-state index in [-0.39, 0.29) is 24.8 Å². The molecule has 0 aliphatic heterocycles. The normalized spacial score (nSPS) is 11.2. The van der Waals surface area contributed by atoms with Crippen molar-refractivity contribution in [3.8, 4) is 11.5 Å². The number of para-hydroxylation sites is 1. The zero-order chi connectivity index (χ0) is 20.1. The van der Waals surface area contributed by atoms with Crippen molar-refractivity contribution in [3.05, 3.63) is 96.4 Å².